The number of imide groups is 1. The van der Waals surface area contributed by atoms with Gasteiger partial charge in [0.25, 0.3) is 11.8 Å². The summed E-state index contributed by atoms with van der Waals surface area (Å²) in [6.45, 7) is 5.80. The van der Waals surface area contributed by atoms with Crippen LogP contribution in [0.3, 0.4) is 0 Å². The summed E-state index contributed by atoms with van der Waals surface area (Å²) < 4.78 is 10.9. The molecule has 1 aliphatic heterocycles. The number of carbonyl (C=O) groups excluding carboxylic acids is 2. The van der Waals surface area contributed by atoms with Crippen molar-refractivity contribution in [3.63, 3.8) is 0 Å². The van der Waals surface area contributed by atoms with Gasteiger partial charge in [-0.1, -0.05) is 30.3 Å². The first kappa shape index (κ1) is 22.1. The van der Waals surface area contributed by atoms with Crippen LogP contribution < -0.4 is 19.7 Å². The summed E-state index contributed by atoms with van der Waals surface area (Å²) in [5.41, 5.74) is 3.26. The maximum Gasteiger partial charge on any atom is 0.282 e. The normalized spacial score (nSPS) is 13.7. The summed E-state index contributed by atoms with van der Waals surface area (Å²) in [4.78, 5) is 28.3. The summed E-state index contributed by atoms with van der Waals surface area (Å²) in [5, 5.41) is 3.18. The predicted molar refractivity (Wildman–Crippen MR) is 129 cm³/mol. The molecule has 1 N–H and O–H groups in total. The summed E-state index contributed by atoms with van der Waals surface area (Å²) in [7, 11) is 1.58. The fourth-order valence-electron chi connectivity index (χ4n) is 3.74. The Labute approximate surface area is 193 Å². The van der Waals surface area contributed by atoms with Crippen molar-refractivity contribution in [1.29, 1.82) is 0 Å². The SMILES string of the molecule is COc1ccc(C2=C(Nc3ccc(OC(C)C)cc3)C(=O)N(c3ccccc3C)C2=O)cc1. The molecule has 3 aromatic carbocycles. The van der Waals surface area contributed by atoms with Crippen LogP contribution in [0.2, 0.25) is 0 Å². The van der Waals surface area contributed by atoms with Gasteiger partial charge in [-0.3, -0.25) is 9.59 Å². The molecule has 0 saturated carbocycles. The highest BCUT2D eigenvalue weighted by Crippen LogP contribution is 2.35. The summed E-state index contributed by atoms with van der Waals surface area (Å²) >= 11 is 0. The molecule has 0 aromatic heterocycles. The smallest absolute Gasteiger partial charge is 0.282 e. The third-order valence-electron chi connectivity index (χ3n) is 5.31. The van der Waals surface area contributed by atoms with Gasteiger partial charge in [-0.05, 0) is 74.4 Å². The lowest BCUT2D eigenvalue weighted by atomic mass is 10.0. The van der Waals surface area contributed by atoms with Crippen molar-refractivity contribution < 1.29 is 19.1 Å². The van der Waals surface area contributed by atoms with E-state index in [1.165, 1.54) is 4.90 Å². The number of methoxy groups -OCH3 is 1. The standard InChI is InChI=1S/C27H26N2O4/c1-17(2)33-22-15-11-20(12-16-22)28-25-24(19-9-13-21(32-4)14-10-19)26(30)29(27(25)31)23-8-6-5-7-18(23)3/h5-17,28H,1-4H3. The van der Waals surface area contributed by atoms with Gasteiger partial charge in [-0.2, -0.15) is 0 Å². The van der Waals surface area contributed by atoms with E-state index in [1.807, 2.05) is 63.2 Å². The molecule has 4 rings (SSSR count). The number of anilines is 2. The minimum Gasteiger partial charge on any atom is -0.497 e. The summed E-state index contributed by atoms with van der Waals surface area (Å²) in [6, 6.07) is 21.7. The molecule has 0 radical (unpaired) electrons. The van der Waals surface area contributed by atoms with E-state index < -0.39 is 5.91 Å². The number of nitrogens with one attached hydrogen (secondary N) is 1. The number of benzene rings is 3. The minimum atomic E-state index is -0.400. The van der Waals surface area contributed by atoms with Crippen LogP contribution in [0.25, 0.3) is 5.57 Å². The monoisotopic (exact) mass is 442 g/mol. The fraction of sp³-hybridized carbons (Fsp3) is 0.185. The van der Waals surface area contributed by atoms with Crippen LogP contribution in [0.1, 0.15) is 25.0 Å². The van der Waals surface area contributed by atoms with Gasteiger partial charge in [-0.25, -0.2) is 4.90 Å². The number of amides is 2. The zero-order valence-electron chi connectivity index (χ0n) is 19.1. The molecular formula is C27H26N2O4. The van der Waals surface area contributed by atoms with Gasteiger partial charge in [0, 0.05) is 5.69 Å². The van der Waals surface area contributed by atoms with E-state index >= 15 is 0 Å². The molecule has 3 aromatic rings. The molecule has 33 heavy (non-hydrogen) atoms. The Bertz CT molecular complexity index is 1210. The van der Waals surface area contributed by atoms with Crippen LogP contribution >= 0.6 is 0 Å². The lowest BCUT2D eigenvalue weighted by Crippen LogP contribution is -2.33. The third kappa shape index (κ3) is 4.46. The lowest BCUT2D eigenvalue weighted by Gasteiger charge is -2.17. The molecule has 0 bridgehead atoms. The highest BCUT2D eigenvalue weighted by atomic mass is 16.5. The zero-order chi connectivity index (χ0) is 23.5. The van der Waals surface area contributed by atoms with Crippen molar-refractivity contribution in [3.8, 4) is 11.5 Å². The highest BCUT2D eigenvalue weighted by molar-refractivity contribution is 6.46. The van der Waals surface area contributed by atoms with Crippen molar-refractivity contribution in [2.24, 2.45) is 0 Å². The lowest BCUT2D eigenvalue weighted by molar-refractivity contribution is -0.120. The van der Waals surface area contributed by atoms with E-state index in [0.29, 0.717) is 28.3 Å². The number of nitrogens with zero attached hydrogens (tertiary/aromatic N) is 1. The molecule has 0 aliphatic carbocycles. The van der Waals surface area contributed by atoms with Crippen LogP contribution in [0.15, 0.2) is 78.5 Å². The Hall–Kier alpha value is -4.06. The van der Waals surface area contributed by atoms with E-state index in [9.17, 15) is 9.59 Å². The van der Waals surface area contributed by atoms with Gasteiger partial charge in [0.2, 0.25) is 0 Å². The van der Waals surface area contributed by atoms with Crippen molar-refractivity contribution >= 4 is 28.8 Å². The zero-order valence-corrected chi connectivity index (χ0v) is 19.1. The van der Waals surface area contributed by atoms with Crippen LogP contribution in [0.5, 0.6) is 11.5 Å². The van der Waals surface area contributed by atoms with Gasteiger partial charge in [0.1, 0.15) is 17.2 Å². The Morgan fingerprint density at radius 3 is 2.06 bits per heavy atom. The molecule has 0 fully saturated rings. The number of hydrogen-bond acceptors (Lipinski definition) is 5. The van der Waals surface area contributed by atoms with Gasteiger partial charge in [0.15, 0.2) is 0 Å². The highest BCUT2D eigenvalue weighted by Gasteiger charge is 2.40. The van der Waals surface area contributed by atoms with Crippen molar-refractivity contribution in [2.45, 2.75) is 26.9 Å². The molecular weight excluding hydrogens is 416 g/mol. The van der Waals surface area contributed by atoms with E-state index in [4.69, 9.17) is 9.47 Å². The first-order valence-corrected chi connectivity index (χ1v) is 10.8. The van der Waals surface area contributed by atoms with Gasteiger partial charge in [-0.15, -0.1) is 0 Å². The van der Waals surface area contributed by atoms with E-state index in [1.54, 1.807) is 37.4 Å². The van der Waals surface area contributed by atoms with Crippen molar-refractivity contribution in [3.05, 3.63) is 89.6 Å². The van der Waals surface area contributed by atoms with Crippen molar-refractivity contribution in [2.75, 3.05) is 17.3 Å². The Balaban J connectivity index is 1.75. The Kier molecular flexibility index (Phi) is 6.18. The number of hydrogen-bond donors (Lipinski definition) is 1. The first-order chi connectivity index (χ1) is 15.9. The van der Waals surface area contributed by atoms with Crippen LogP contribution in [0.4, 0.5) is 11.4 Å². The summed E-state index contributed by atoms with van der Waals surface area (Å²) in [6.07, 6.45) is 0.0601. The predicted octanol–water partition coefficient (Wildman–Crippen LogP) is 5.19. The number of rotatable bonds is 7. The Morgan fingerprint density at radius 1 is 0.818 bits per heavy atom. The van der Waals surface area contributed by atoms with E-state index in [0.717, 1.165) is 11.3 Å². The third-order valence-corrected chi connectivity index (χ3v) is 5.31. The number of aryl methyl sites for hydroxylation is 1. The molecule has 0 saturated heterocycles. The second kappa shape index (κ2) is 9.20. The summed E-state index contributed by atoms with van der Waals surface area (Å²) in [5.74, 6) is 0.627. The van der Waals surface area contributed by atoms with Crippen molar-refractivity contribution in [1.82, 2.24) is 0 Å². The molecule has 0 spiro atoms. The molecule has 6 heteroatoms. The quantitative estimate of drug-likeness (QED) is 0.510. The van der Waals surface area contributed by atoms with Gasteiger partial charge < -0.3 is 14.8 Å². The second-order valence-corrected chi connectivity index (χ2v) is 8.03. The molecule has 0 unspecified atom stereocenters. The fourth-order valence-corrected chi connectivity index (χ4v) is 3.74. The average molecular weight is 443 g/mol. The minimum absolute atomic E-state index is 0.0601. The molecule has 1 aliphatic rings. The second-order valence-electron chi connectivity index (χ2n) is 8.03. The number of carbonyl (C=O) groups is 2. The number of ether oxygens (including phenoxy) is 2. The van der Waals surface area contributed by atoms with Gasteiger partial charge in [0.05, 0.1) is 24.5 Å². The first-order valence-electron chi connectivity index (χ1n) is 10.8. The van der Waals surface area contributed by atoms with Crippen LogP contribution in [0, 0.1) is 6.92 Å². The van der Waals surface area contributed by atoms with Gasteiger partial charge >= 0.3 is 0 Å². The molecule has 0 atom stereocenters. The molecule has 1 heterocycles. The molecule has 2 amide bonds. The average Bonchev–Trinajstić information content (AvgIpc) is 3.04. The maximum absolute atomic E-state index is 13.6. The molecule has 168 valence electrons. The maximum atomic E-state index is 13.6. The topological polar surface area (TPSA) is 67.9 Å². The Morgan fingerprint density at radius 2 is 1.45 bits per heavy atom. The molecule has 6 nitrogen and oxygen atoms in total. The van der Waals surface area contributed by atoms with Crippen LogP contribution in [-0.4, -0.2) is 25.0 Å². The number of para-hydroxylation sites is 1. The van der Waals surface area contributed by atoms with E-state index in [-0.39, 0.29) is 17.7 Å². The largest absolute Gasteiger partial charge is 0.497 e. The van der Waals surface area contributed by atoms with Crippen LogP contribution in [-0.2, 0) is 9.59 Å². The van der Waals surface area contributed by atoms with E-state index in [2.05, 4.69) is 5.32 Å².